The number of carbonyl (C=O) groups is 5. The fraction of sp³-hybridized carbons (Fsp3) is 0.462. The van der Waals surface area contributed by atoms with E-state index < -0.39 is 41.6 Å². The zero-order valence-corrected chi connectivity index (χ0v) is 30.7. The van der Waals surface area contributed by atoms with Crippen molar-refractivity contribution in [1.82, 2.24) is 25.3 Å². The molecule has 0 radical (unpaired) electrons. The third-order valence-electron chi connectivity index (χ3n) is 8.42. The summed E-state index contributed by atoms with van der Waals surface area (Å²) in [5, 5.41) is 7.73. The van der Waals surface area contributed by atoms with Crippen molar-refractivity contribution in [2.24, 2.45) is 0 Å². The first-order chi connectivity index (χ1) is 23.6. The molecule has 0 fully saturated rings. The Morgan fingerprint density at radius 1 is 0.720 bits per heavy atom. The molecule has 0 saturated heterocycles. The number of fused-ring (bicyclic) bond motifs is 1. The molecule has 2 N–H and O–H groups in total. The van der Waals surface area contributed by atoms with Crippen molar-refractivity contribution in [2.45, 2.75) is 83.5 Å². The van der Waals surface area contributed by atoms with Crippen LogP contribution in [0.3, 0.4) is 0 Å². The maximum atomic E-state index is 14.6. The minimum Gasteiger partial charge on any atom is -0.444 e. The number of rotatable bonds is 15. The topological polar surface area (TPSA) is 128 Å². The standard InChI is InChI=1S/C39H53N5O6/c1-27(45)40-23-15-14-20-32(36(47)42(5)6)41-35(46)33(25-28-16-10-9-11-17-28)43(7)37(48)34(44(8)38(49)50-39(2,3)4)26-29-21-22-30-18-12-13-19-31(30)24-29/h9-13,16-19,21-22,24,32-34H,14-15,20,23,25-26H2,1-8H3,(H,40,45)(H,41,46)/t32-,33+,34+/m0/s1. The van der Waals surface area contributed by atoms with Gasteiger partial charge in [-0.15, -0.1) is 0 Å². The molecule has 0 spiro atoms. The van der Waals surface area contributed by atoms with Crippen molar-refractivity contribution in [2.75, 3.05) is 34.7 Å². The van der Waals surface area contributed by atoms with E-state index in [0.29, 0.717) is 25.8 Å². The minimum atomic E-state index is -1.01. The first-order valence-electron chi connectivity index (χ1n) is 17.1. The number of nitrogens with one attached hydrogen (secondary N) is 2. The van der Waals surface area contributed by atoms with Gasteiger partial charge in [0.05, 0.1) is 0 Å². The highest BCUT2D eigenvalue weighted by atomic mass is 16.6. The highest BCUT2D eigenvalue weighted by molar-refractivity contribution is 5.94. The number of ether oxygens (including phenoxy) is 1. The van der Waals surface area contributed by atoms with E-state index in [1.54, 1.807) is 41.9 Å². The van der Waals surface area contributed by atoms with Crippen LogP contribution in [0.1, 0.15) is 58.1 Å². The Labute approximate surface area is 296 Å². The number of hydrogen-bond acceptors (Lipinski definition) is 6. The largest absolute Gasteiger partial charge is 0.444 e. The Balaban J connectivity index is 1.96. The van der Waals surface area contributed by atoms with Crippen molar-refractivity contribution in [1.29, 1.82) is 0 Å². The summed E-state index contributed by atoms with van der Waals surface area (Å²) in [6.07, 6.45) is 1.26. The normalized spacial score (nSPS) is 13.0. The summed E-state index contributed by atoms with van der Waals surface area (Å²) in [4.78, 5) is 70.7. The lowest BCUT2D eigenvalue weighted by atomic mass is 9.98. The van der Waals surface area contributed by atoms with Crippen LogP contribution in [0.4, 0.5) is 4.79 Å². The highest BCUT2D eigenvalue weighted by Crippen LogP contribution is 2.21. The Morgan fingerprint density at radius 3 is 1.96 bits per heavy atom. The molecule has 5 amide bonds. The molecular formula is C39H53N5O6. The molecule has 270 valence electrons. The Bertz CT molecular complexity index is 1620. The van der Waals surface area contributed by atoms with Crippen LogP contribution in [0, 0.1) is 0 Å². The number of hydrogen-bond donors (Lipinski definition) is 2. The van der Waals surface area contributed by atoms with Gasteiger partial charge in [-0.05, 0) is 61.9 Å². The molecule has 0 unspecified atom stereocenters. The van der Waals surface area contributed by atoms with Crippen molar-refractivity contribution < 1.29 is 28.7 Å². The molecule has 0 saturated carbocycles. The summed E-state index contributed by atoms with van der Waals surface area (Å²) >= 11 is 0. The monoisotopic (exact) mass is 687 g/mol. The van der Waals surface area contributed by atoms with Crippen molar-refractivity contribution in [3.63, 3.8) is 0 Å². The van der Waals surface area contributed by atoms with Crippen LogP contribution in [-0.4, -0.2) is 103 Å². The van der Waals surface area contributed by atoms with Crippen LogP contribution >= 0.6 is 0 Å². The molecule has 0 aliphatic rings. The van der Waals surface area contributed by atoms with Gasteiger partial charge in [0.25, 0.3) is 0 Å². The fourth-order valence-corrected chi connectivity index (χ4v) is 5.65. The van der Waals surface area contributed by atoms with Crippen LogP contribution in [0.2, 0.25) is 0 Å². The molecule has 0 aromatic heterocycles. The van der Waals surface area contributed by atoms with Gasteiger partial charge in [0.15, 0.2) is 0 Å². The second kappa shape index (κ2) is 18.2. The molecule has 11 heteroatoms. The van der Waals surface area contributed by atoms with Crippen molar-refractivity contribution >= 4 is 40.5 Å². The maximum absolute atomic E-state index is 14.6. The van der Waals surface area contributed by atoms with E-state index in [4.69, 9.17) is 4.74 Å². The first-order valence-corrected chi connectivity index (χ1v) is 17.1. The van der Waals surface area contributed by atoms with Crippen LogP contribution in [0.5, 0.6) is 0 Å². The van der Waals surface area contributed by atoms with Gasteiger partial charge >= 0.3 is 6.09 Å². The number of likely N-dealkylation sites (N-methyl/N-ethyl adjacent to an activating group) is 3. The van der Waals surface area contributed by atoms with Gasteiger partial charge in [0, 0.05) is 54.5 Å². The summed E-state index contributed by atoms with van der Waals surface area (Å²) in [7, 11) is 6.34. The molecule has 0 aliphatic heterocycles. The molecule has 50 heavy (non-hydrogen) atoms. The Hall–Kier alpha value is -4.93. The lowest BCUT2D eigenvalue weighted by Crippen LogP contribution is -2.58. The van der Waals surface area contributed by atoms with Crippen molar-refractivity contribution in [3.8, 4) is 0 Å². The van der Waals surface area contributed by atoms with Gasteiger partial charge in [0.1, 0.15) is 23.7 Å². The van der Waals surface area contributed by atoms with E-state index >= 15 is 0 Å². The van der Waals surface area contributed by atoms with Crippen LogP contribution < -0.4 is 10.6 Å². The number of amides is 5. The highest BCUT2D eigenvalue weighted by Gasteiger charge is 2.37. The lowest BCUT2D eigenvalue weighted by Gasteiger charge is -2.36. The third kappa shape index (κ3) is 11.9. The zero-order chi connectivity index (χ0) is 37.0. The molecule has 3 rings (SSSR count). The molecule has 0 bridgehead atoms. The molecule has 3 atom stereocenters. The van der Waals surface area contributed by atoms with Gasteiger partial charge in [-0.2, -0.15) is 0 Å². The van der Waals surface area contributed by atoms with E-state index in [1.807, 2.05) is 72.8 Å². The van der Waals surface area contributed by atoms with Crippen LogP contribution in [0.15, 0.2) is 72.8 Å². The summed E-state index contributed by atoms with van der Waals surface area (Å²) < 4.78 is 5.66. The van der Waals surface area contributed by atoms with Gasteiger partial charge < -0.3 is 25.2 Å². The zero-order valence-electron chi connectivity index (χ0n) is 30.7. The SMILES string of the molecule is CC(=O)NCCCC[C@H](NC(=O)[C@@H](Cc1ccccc1)N(C)C(=O)[C@@H](Cc1ccc2ccccc2c1)N(C)C(=O)OC(C)(C)C)C(=O)N(C)C. The van der Waals surface area contributed by atoms with Gasteiger partial charge in [-0.1, -0.05) is 72.8 Å². The van der Waals surface area contributed by atoms with Crippen LogP contribution in [0.25, 0.3) is 10.8 Å². The predicted octanol–water partition coefficient (Wildman–Crippen LogP) is 4.57. The number of unbranched alkanes of at least 4 members (excludes halogenated alkanes) is 1. The lowest BCUT2D eigenvalue weighted by molar-refractivity contribution is -0.144. The summed E-state index contributed by atoms with van der Waals surface area (Å²) in [5.74, 6) is -1.35. The van der Waals surface area contributed by atoms with Gasteiger partial charge in [0.2, 0.25) is 23.6 Å². The second-order valence-corrected chi connectivity index (χ2v) is 13.9. The number of carbonyl (C=O) groups excluding carboxylic acids is 5. The molecule has 3 aromatic rings. The van der Waals surface area contributed by atoms with Gasteiger partial charge in [-0.3, -0.25) is 24.1 Å². The molecule has 0 heterocycles. The quantitative estimate of drug-likeness (QED) is 0.226. The smallest absolute Gasteiger partial charge is 0.410 e. The molecular weight excluding hydrogens is 634 g/mol. The van der Waals surface area contributed by atoms with E-state index in [1.165, 1.54) is 28.7 Å². The molecule has 0 aliphatic carbocycles. The van der Waals surface area contributed by atoms with Crippen LogP contribution in [-0.2, 0) is 36.8 Å². The molecule has 3 aromatic carbocycles. The van der Waals surface area contributed by atoms with E-state index in [2.05, 4.69) is 10.6 Å². The summed E-state index contributed by atoms with van der Waals surface area (Å²) in [6.45, 7) is 7.19. The average molecular weight is 688 g/mol. The number of nitrogens with zero attached hydrogens (tertiary/aromatic N) is 3. The fourth-order valence-electron chi connectivity index (χ4n) is 5.65. The Morgan fingerprint density at radius 2 is 1.34 bits per heavy atom. The van der Waals surface area contributed by atoms with E-state index in [0.717, 1.165) is 21.9 Å². The average Bonchev–Trinajstić information content (AvgIpc) is 3.07. The predicted molar refractivity (Wildman–Crippen MR) is 195 cm³/mol. The number of benzene rings is 3. The van der Waals surface area contributed by atoms with E-state index in [-0.39, 0.29) is 24.7 Å². The minimum absolute atomic E-state index is 0.132. The van der Waals surface area contributed by atoms with Crippen molar-refractivity contribution in [3.05, 3.63) is 83.9 Å². The molecule has 11 nitrogen and oxygen atoms in total. The first kappa shape index (κ1) is 39.5. The van der Waals surface area contributed by atoms with Gasteiger partial charge in [-0.25, -0.2) is 4.79 Å². The van der Waals surface area contributed by atoms with E-state index in [9.17, 15) is 24.0 Å². The maximum Gasteiger partial charge on any atom is 0.410 e. The summed E-state index contributed by atoms with van der Waals surface area (Å²) in [6, 6.07) is 20.3. The Kier molecular flexibility index (Phi) is 14.4. The third-order valence-corrected chi connectivity index (χ3v) is 8.42. The summed E-state index contributed by atoms with van der Waals surface area (Å²) in [5.41, 5.74) is 0.870. The second-order valence-electron chi connectivity index (χ2n) is 13.9.